The molecule has 1 N–H and O–H groups in total. The van der Waals surface area contributed by atoms with Crippen molar-refractivity contribution >= 4 is 23.6 Å². The number of carbonyl (C=O) groups excluding carboxylic acids is 2. The Morgan fingerprint density at radius 3 is 2.35 bits per heavy atom. The van der Waals surface area contributed by atoms with Crippen LogP contribution in [0.3, 0.4) is 0 Å². The Morgan fingerprint density at radius 2 is 1.85 bits per heavy atom. The van der Waals surface area contributed by atoms with Gasteiger partial charge in [0.05, 0.1) is 0 Å². The highest BCUT2D eigenvalue weighted by Gasteiger charge is 2.42. The number of hydrogen-bond donors (Lipinski definition) is 1. The summed E-state index contributed by atoms with van der Waals surface area (Å²) in [6.07, 6.45) is 0.950. The number of rotatable bonds is 7. The highest BCUT2D eigenvalue weighted by molar-refractivity contribution is 7.99. The third kappa shape index (κ3) is 4.14. The van der Waals surface area contributed by atoms with Crippen molar-refractivity contribution in [3.63, 3.8) is 0 Å². The Hall–Kier alpha value is -0.710. The van der Waals surface area contributed by atoms with Crippen molar-refractivity contribution in [3.8, 4) is 0 Å². The molecule has 0 bridgehead atoms. The van der Waals surface area contributed by atoms with Crippen LogP contribution in [-0.2, 0) is 9.59 Å². The first-order valence-electron chi connectivity index (χ1n) is 7.58. The highest BCUT2D eigenvalue weighted by Crippen LogP contribution is 2.21. The lowest BCUT2D eigenvalue weighted by molar-refractivity contribution is -0.152. The van der Waals surface area contributed by atoms with Crippen LogP contribution in [0.25, 0.3) is 0 Å². The number of thioether (sulfide) groups is 1. The molecule has 0 aromatic heterocycles. The van der Waals surface area contributed by atoms with E-state index in [0.29, 0.717) is 6.54 Å². The third-order valence-corrected chi connectivity index (χ3v) is 4.63. The van der Waals surface area contributed by atoms with Gasteiger partial charge in [-0.1, -0.05) is 34.6 Å². The van der Waals surface area contributed by atoms with Gasteiger partial charge in [0.1, 0.15) is 12.1 Å². The molecule has 1 aliphatic heterocycles. The number of carbonyl (C=O) groups is 2. The molecular formula is C15H28N2O2S. The summed E-state index contributed by atoms with van der Waals surface area (Å²) in [5, 5.41) is 2.89. The minimum atomic E-state index is -0.365. The van der Waals surface area contributed by atoms with Gasteiger partial charge in [-0.15, -0.1) is 0 Å². The van der Waals surface area contributed by atoms with Gasteiger partial charge < -0.3 is 10.2 Å². The van der Waals surface area contributed by atoms with Gasteiger partial charge in [-0.05, 0) is 29.8 Å². The van der Waals surface area contributed by atoms with Crippen LogP contribution in [0, 0.1) is 11.8 Å². The van der Waals surface area contributed by atoms with E-state index in [-0.39, 0.29) is 35.7 Å². The van der Waals surface area contributed by atoms with E-state index in [1.165, 1.54) is 0 Å². The van der Waals surface area contributed by atoms with Crippen molar-refractivity contribution in [2.75, 3.05) is 18.1 Å². The van der Waals surface area contributed by atoms with Crippen LogP contribution in [0.4, 0.5) is 0 Å². The van der Waals surface area contributed by atoms with Crippen LogP contribution in [0.15, 0.2) is 0 Å². The molecule has 2 unspecified atom stereocenters. The lowest BCUT2D eigenvalue weighted by Crippen LogP contribution is -2.66. The molecule has 0 aromatic rings. The average molecular weight is 300 g/mol. The van der Waals surface area contributed by atoms with E-state index in [1.54, 1.807) is 0 Å². The molecular weight excluding hydrogens is 272 g/mol. The predicted molar refractivity (Wildman–Crippen MR) is 84.7 cm³/mol. The molecule has 116 valence electrons. The Bertz CT molecular complexity index is 345. The van der Waals surface area contributed by atoms with E-state index < -0.39 is 0 Å². The number of amides is 2. The van der Waals surface area contributed by atoms with Gasteiger partial charge in [-0.2, -0.15) is 11.8 Å². The molecule has 4 nitrogen and oxygen atoms in total. The van der Waals surface area contributed by atoms with Gasteiger partial charge in [0.25, 0.3) is 0 Å². The van der Waals surface area contributed by atoms with Crippen molar-refractivity contribution in [2.45, 2.75) is 53.1 Å². The summed E-state index contributed by atoms with van der Waals surface area (Å²) in [6.45, 7) is 10.8. The molecule has 5 heteroatoms. The molecule has 1 fully saturated rings. The third-order valence-electron chi connectivity index (χ3n) is 3.64. The molecule has 2 amide bonds. The van der Waals surface area contributed by atoms with Crippen molar-refractivity contribution in [3.05, 3.63) is 0 Å². The van der Waals surface area contributed by atoms with Crippen LogP contribution in [0.1, 0.15) is 41.0 Å². The summed E-state index contributed by atoms with van der Waals surface area (Å²) in [7, 11) is 0. The fraction of sp³-hybridized carbons (Fsp3) is 0.867. The second kappa shape index (κ2) is 7.91. The van der Waals surface area contributed by atoms with Crippen LogP contribution in [0.2, 0.25) is 0 Å². The summed E-state index contributed by atoms with van der Waals surface area (Å²) in [5.41, 5.74) is 0. The molecule has 1 aliphatic rings. The Kier molecular flexibility index (Phi) is 6.86. The SMILES string of the molecule is CCSCCCN1C(=O)C(C(C)C)NC(=O)C1C(C)C. The largest absolute Gasteiger partial charge is 0.342 e. The van der Waals surface area contributed by atoms with Crippen molar-refractivity contribution in [1.82, 2.24) is 10.2 Å². The first kappa shape index (κ1) is 17.3. The maximum absolute atomic E-state index is 12.6. The summed E-state index contributed by atoms with van der Waals surface area (Å²) in [6, 6.07) is -0.680. The van der Waals surface area contributed by atoms with Gasteiger partial charge in [-0.25, -0.2) is 0 Å². The van der Waals surface area contributed by atoms with Gasteiger partial charge in [-0.3, -0.25) is 9.59 Å². The smallest absolute Gasteiger partial charge is 0.246 e. The zero-order valence-corrected chi connectivity index (χ0v) is 14.1. The van der Waals surface area contributed by atoms with E-state index in [9.17, 15) is 9.59 Å². The molecule has 0 aromatic carbocycles. The van der Waals surface area contributed by atoms with E-state index in [1.807, 2.05) is 44.4 Å². The Labute approximate surface area is 127 Å². The van der Waals surface area contributed by atoms with E-state index in [0.717, 1.165) is 17.9 Å². The van der Waals surface area contributed by atoms with E-state index in [4.69, 9.17) is 0 Å². The standard InChI is InChI=1S/C15H28N2O2S/c1-6-20-9-7-8-17-13(11(4)5)14(18)16-12(10(2)3)15(17)19/h10-13H,6-9H2,1-5H3,(H,16,18). The first-order valence-corrected chi connectivity index (χ1v) is 8.74. The molecule has 0 saturated carbocycles. The average Bonchev–Trinajstić information content (AvgIpc) is 2.37. The molecule has 1 heterocycles. The van der Waals surface area contributed by atoms with Gasteiger partial charge in [0, 0.05) is 6.54 Å². The first-order chi connectivity index (χ1) is 9.40. The molecule has 0 radical (unpaired) electrons. The summed E-state index contributed by atoms with van der Waals surface area (Å²) < 4.78 is 0. The number of hydrogen-bond acceptors (Lipinski definition) is 3. The number of nitrogens with zero attached hydrogens (tertiary/aromatic N) is 1. The predicted octanol–water partition coefficient (Wildman–Crippen LogP) is 2.14. The van der Waals surface area contributed by atoms with Crippen LogP contribution in [0.5, 0.6) is 0 Å². The molecule has 1 saturated heterocycles. The van der Waals surface area contributed by atoms with Gasteiger partial charge >= 0.3 is 0 Å². The van der Waals surface area contributed by atoms with Crippen molar-refractivity contribution < 1.29 is 9.59 Å². The minimum absolute atomic E-state index is 0.00134. The van der Waals surface area contributed by atoms with Crippen LogP contribution in [-0.4, -0.2) is 46.8 Å². The summed E-state index contributed by atoms with van der Waals surface area (Å²) >= 11 is 1.88. The lowest BCUT2D eigenvalue weighted by Gasteiger charge is -2.42. The Balaban J connectivity index is 2.79. The molecule has 2 atom stereocenters. The van der Waals surface area contributed by atoms with E-state index in [2.05, 4.69) is 12.2 Å². The van der Waals surface area contributed by atoms with Crippen LogP contribution < -0.4 is 5.32 Å². The molecule has 20 heavy (non-hydrogen) atoms. The molecule has 0 spiro atoms. The quantitative estimate of drug-likeness (QED) is 0.733. The maximum atomic E-state index is 12.6. The Morgan fingerprint density at radius 1 is 1.20 bits per heavy atom. The fourth-order valence-electron chi connectivity index (χ4n) is 2.60. The zero-order valence-electron chi connectivity index (χ0n) is 13.3. The van der Waals surface area contributed by atoms with Crippen LogP contribution >= 0.6 is 11.8 Å². The topological polar surface area (TPSA) is 49.4 Å². The van der Waals surface area contributed by atoms with Gasteiger partial charge in [0.2, 0.25) is 11.8 Å². The minimum Gasteiger partial charge on any atom is -0.342 e. The van der Waals surface area contributed by atoms with E-state index >= 15 is 0 Å². The van der Waals surface area contributed by atoms with Crippen molar-refractivity contribution in [2.24, 2.45) is 11.8 Å². The molecule has 1 rings (SSSR count). The number of piperazine rings is 1. The second-order valence-electron chi connectivity index (χ2n) is 6.00. The van der Waals surface area contributed by atoms with Gasteiger partial charge in [0.15, 0.2) is 0 Å². The monoisotopic (exact) mass is 300 g/mol. The normalized spacial score (nSPS) is 23.6. The highest BCUT2D eigenvalue weighted by atomic mass is 32.2. The maximum Gasteiger partial charge on any atom is 0.246 e. The van der Waals surface area contributed by atoms with Crippen molar-refractivity contribution in [1.29, 1.82) is 0 Å². The lowest BCUT2D eigenvalue weighted by atomic mass is 9.93. The summed E-state index contributed by atoms with van der Waals surface area (Å²) in [5.74, 6) is 2.50. The zero-order chi connectivity index (χ0) is 15.3. The second-order valence-corrected chi connectivity index (χ2v) is 7.40. The molecule has 0 aliphatic carbocycles. The fourth-order valence-corrected chi connectivity index (χ4v) is 3.22. The number of nitrogens with one attached hydrogen (secondary N) is 1. The summed E-state index contributed by atoms with van der Waals surface area (Å²) in [4.78, 5) is 26.7.